The normalized spacial score (nSPS) is 19.8. The zero-order chi connectivity index (χ0) is 15.3. The Balaban J connectivity index is 1.86. The fourth-order valence-electron chi connectivity index (χ4n) is 2.67. The third-order valence-electron chi connectivity index (χ3n) is 4.13. The van der Waals surface area contributed by atoms with Crippen LogP contribution in [0, 0.1) is 16.7 Å². The molecule has 3 rings (SSSR count). The molecule has 2 aliphatic rings. The van der Waals surface area contributed by atoms with Crippen LogP contribution in [0.25, 0.3) is 0 Å². The minimum absolute atomic E-state index is 0.0711. The zero-order valence-corrected chi connectivity index (χ0v) is 12.1. The van der Waals surface area contributed by atoms with Gasteiger partial charge >= 0.3 is 5.97 Å². The molecule has 1 saturated carbocycles. The summed E-state index contributed by atoms with van der Waals surface area (Å²) in [5.41, 5.74) is 0.686. The van der Waals surface area contributed by atoms with Crippen LogP contribution in [0.15, 0.2) is 18.2 Å². The van der Waals surface area contributed by atoms with Gasteiger partial charge in [0.25, 0.3) is 0 Å². The molecular weight excluding hydrogens is 292 g/mol. The summed E-state index contributed by atoms with van der Waals surface area (Å²) in [6.45, 7) is 0.252. The number of rotatable bonds is 4. The van der Waals surface area contributed by atoms with Gasteiger partial charge in [0, 0.05) is 13.1 Å². The maximum Gasteiger partial charge on any atom is 0.336 e. The second-order valence-corrected chi connectivity index (χ2v) is 7.63. The van der Waals surface area contributed by atoms with Gasteiger partial charge in [-0.1, -0.05) is 12.1 Å². The Morgan fingerprint density at radius 2 is 2.10 bits per heavy atom. The predicted octanol–water partition coefficient (Wildman–Crippen LogP) is 1.33. The molecule has 0 atom stereocenters. The molecule has 0 radical (unpaired) electrons. The highest BCUT2D eigenvalue weighted by Gasteiger charge is 2.48. The summed E-state index contributed by atoms with van der Waals surface area (Å²) < 4.78 is 26.1. The van der Waals surface area contributed by atoms with Crippen molar-refractivity contribution in [3.63, 3.8) is 0 Å². The van der Waals surface area contributed by atoms with E-state index in [-0.39, 0.29) is 24.4 Å². The largest absolute Gasteiger partial charge is 0.478 e. The van der Waals surface area contributed by atoms with Crippen molar-refractivity contribution in [1.82, 2.24) is 4.31 Å². The van der Waals surface area contributed by atoms with Gasteiger partial charge in [0.1, 0.15) is 0 Å². The van der Waals surface area contributed by atoms with E-state index < -0.39 is 21.4 Å². The van der Waals surface area contributed by atoms with Gasteiger partial charge in [-0.3, -0.25) is 0 Å². The second-order valence-electron chi connectivity index (χ2n) is 5.66. The van der Waals surface area contributed by atoms with Crippen LogP contribution < -0.4 is 0 Å². The summed E-state index contributed by atoms with van der Waals surface area (Å²) in [4.78, 5) is 11.2. The fourth-order valence-corrected chi connectivity index (χ4v) is 4.56. The van der Waals surface area contributed by atoms with Gasteiger partial charge in [-0.25, -0.2) is 13.2 Å². The van der Waals surface area contributed by atoms with Crippen LogP contribution in [-0.2, 0) is 23.1 Å². The lowest BCUT2D eigenvalue weighted by atomic mass is 10.0. The van der Waals surface area contributed by atoms with Gasteiger partial charge < -0.3 is 5.11 Å². The molecular formula is C14H14N2O4S. The third kappa shape index (κ3) is 2.41. The molecule has 110 valence electrons. The summed E-state index contributed by atoms with van der Waals surface area (Å²) in [6, 6.07) is 6.93. The van der Waals surface area contributed by atoms with Crippen molar-refractivity contribution in [3.05, 3.63) is 34.9 Å². The van der Waals surface area contributed by atoms with Gasteiger partial charge in [0.15, 0.2) is 0 Å². The van der Waals surface area contributed by atoms with E-state index >= 15 is 0 Å². The highest BCUT2D eigenvalue weighted by atomic mass is 32.2. The molecule has 7 heteroatoms. The Hall–Kier alpha value is -1.91. The van der Waals surface area contributed by atoms with Crippen molar-refractivity contribution in [2.24, 2.45) is 5.41 Å². The van der Waals surface area contributed by atoms with Crippen LogP contribution in [0.2, 0.25) is 0 Å². The van der Waals surface area contributed by atoms with E-state index in [4.69, 9.17) is 10.4 Å². The first-order chi connectivity index (χ1) is 9.87. The van der Waals surface area contributed by atoms with Gasteiger partial charge in [-0.05, 0) is 30.0 Å². The minimum Gasteiger partial charge on any atom is -0.478 e. The summed E-state index contributed by atoms with van der Waals surface area (Å²) in [5.74, 6) is -1.23. The van der Waals surface area contributed by atoms with E-state index in [2.05, 4.69) is 6.07 Å². The van der Waals surface area contributed by atoms with Crippen molar-refractivity contribution >= 4 is 16.0 Å². The van der Waals surface area contributed by atoms with Gasteiger partial charge in [0.05, 0.1) is 22.8 Å². The SMILES string of the molecule is N#CC1(CS(=O)(=O)N2Cc3cccc(C(=O)O)c3C2)CC1. The Labute approximate surface area is 122 Å². The van der Waals surface area contributed by atoms with E-state index in [1.54, 1.807) is 12.1 Å². The summed E-state index contributed by atoms with van der Waals surface area (Å²) in [5, 5.41) is 18.2. The number of carboxylic acids is 1. The first-order valence-corrected chi connectivity index (χ1v) is 8.21. The van der Waals surface area contributed by atoms with E-state index in [0.29, 0.717) is 18.4 Å². The number of aromatic carboxylic acids is 1. The molecule has 1 heterocycles. The molecule has 6 nitrogen and oxygen atoms in total. The molecule has 0 spiro atoms. The molecule has 1 aliphatic heterocycles. The highest BCUT2D eigenvalue weighted by Crippen LogP contribution is 2.47. The maximum absolute atomic E-state index is 12.4. The van der Waals surface area contributed by atoms with Crippen LogP contribution in [0.5, 0.6) is 0 Å². The third-order valence-corrected chi connectivity index (χ3v) is 6.09. The van der Waals surface area contributed by atoms with Crippen LogP contribution in [-0.4, -0.2) is 29.6 Å². The minimum atomic E-state index is -3.56. The van der Waals surface area contributed by atoms with E-state index in [1.165, 1.54) is 10.4 Å². The fraction of sp³-hybridized carbons (Fsp3) is 0.429. The molecule has 0 bridgehead atoms. The van der Waals surface area contributed by atoms with Gasteiger partial charge in [0.2, 0.25) is 10.0 Å². The van der Waals surface area contributed by atoms with Gasteiger partial charge in [-0.2, -0.15) is 9.57 Å². The van der Waals surface area contributed by atoms with E-state index in [9.17, 15) is 13.2 Å². The van der Waals surface area contributed by atoms with Crippen LogP contribution >= 0.6 is 0 Å². The topological polar surface area (TPSA) is 98.5 Å². The smallest absolute Gasteiger partial charge is 0.336 e. The molecule has 0 amide bonds. The van der Waals surface area contributed by atoms with Crippen molar-refractivity contribution in [3.8, 4) is 6.07 Å². The molecule has 1 aliphatic carbocycles. The Morgan fingerprint density at radius 3 is 2.67 bits per heavy atom. The lowest BCUT2D eigenvalue weighted by Gasteiger charge is -2.17. The molecule has 1 aromatic rings. The molecule has 1 fully saturated rings. The van der Waals surface area contributed by atoms with E-state index in [1.807, 2.05) is 0 Å². The first kappa shape index (κ1) is 14.0. The molecule has 0 saturated heterocycles. The summed E-state index contributed by atoms with van der Waals surface area (Å²) in [6.07, 6.45) is 1.23. The lowest BCUT2D eigenvalue weighted by molar-refractivity contribution is 0.0695. The number of carboxylic acid groups (broad SMARTS) is 1. The van der Waals surface area contributed by atoms with Crippen molar-refractivity contribution < 1.29 is 18.3 Å². The first-order valence-electron chi connectivity index (χ1n) is 6.60. The summed E-state index contributed by atoms with van der Waals surface area (Å²) >= 11 is 0. The zero-order valence-electron chi connectivity index (χ0n) is 11.2. The van der Waals surface area contributed by atoms with Crippen molar-refractivity contribution in [2.45, 2.75) is 25.9 Å². The molecule has 0 aromatic heterocycles. The molecule has 0 unspecified atom stereocenters. The lowest BCUT2D eigenvalue weighted by Crippen LogP contribution is -2.31. The average molecular weight is 306 g/mol. The quantitative estimate of drug-likeness (QED) is 0.905. The molecule has 1 N–H and O–H groups in total. The van der Waals surface area contributed by atoms with Crippen LogP contribution in [0.3, 0.4) is 0 Å². The number of nitrogens with zero attached hydrogens (tertiary/aromatic N) is 2. The van der Waals surface area contributed by atoms with Crippen LogP contribution in [0.4, 0.5) is 0 Å². The Bertz CT molecular complexity index is 760. The number of hydrogen-bond acceptors (Lipinski definition) is 4. The average Bonchev–Trinajstić information content (AvgIpc) is 3.04. The second kappa shape index (κ2) is 4.55. The number of benzene rings is 1. The predicted molar refractivity (Wildman–Crippen MR) is 73.7 cm³/mol. The summed E-state index contributed by atoms with van der Waals surface area (Å²) in [7, 11) is -3.56. The van der Waals surface area contributed by atoms with E-state index in [0.717, 1.165) is 5.56 Å². The number of sulfonamides is 1. The Morgan fingerprint density at radius 1 is 1.38 bits per heavy atom. The van der Waals surface area contributed by atoms with Crippen molar-refractivity contribution in [1.29, 1.82) is 5.26 Å². The standard InChI is InChI=1S/C14H14N2O4S/c15-8-14(4-5-14)9-21(19,20)16-6-10-2-1-3-11(13(17)18)12(10)7-16/h1-3H,4-7,9H2,(H,17,18). The highest BCUT2D eigenvalue weighted by molar-refractivity contribution is 7.89. The molecule has 21 heavy (non-hydrogen) atoms. The van der Waals surface area contributed by atoms with Crippen LogP contribution in [0.1, 0.15) is 34.3 Å². The number of nitriles is 1. The maximum atomic E-state index is 12.4. The number of hydrogen-bond donors (Lipinski definition) is 1. The monoisotopic (exact) mass is 306 g/mol. The Kier molecular flexibility index (Phi) is 3.04. The van der Waals surface area contributed by atoms with Gasteiger partial charge in [-0.15, -0.1) is 0 Å². The van der Waals surface area contributed by atoms with Crippen molar-refractivity contribution in [2.75, 3.05) is 5.75 Å². The molecule has 1 aromatic carbocycles. The number of carbonyl (C=O) groups is 1. The number of fused-ring (bicyclic) bond motifs is 1.